The van der Waals surface area contributed by atoms with E-state index in [0.717, 1.165) is 3.93 Å². The maximum absolute atomic E-state index is 2.71. The van der Waals surface area contributed by atoms with Gasteiger partial charge in [0.05, 0.1) is 0 Å². The second-order valence-corrected chi connectivity index (χ2v) is 39.7. The van der Waals surface area contributed by atoms with E-state index in [1.807, 2.05) is 0 Å². The number of fused-ring (bicyclic) bond motifs is 2. The van der Waals surface area contributed by atoms with Crippen molar-refractivity contribution in [2.75, 3.05) is 0 Å². The van der Waals surface area contributed by atoms with Crippen molar-refractivity contribution in [1.82, 2.24) is 0 Å². The predicted octanol–water partition coefficient (Wildman–Crippen LogP) is 10.2. The molecule has 2 aliphatic heterocycles. The Labute approximate surface area is 234 Å². The van der Waals surface area contributed by atoms with Crippen LogP contribution in [0.1, 0.15) is 47.5 Å². The van der Waals surface area contributed by atoms with Crippen LogP contribution in [0.4, 0.5) is 0 Å². The van der Waals surface area contributed by atoms with Crippen LogP contribution < -0.4 is 0 Å². The average molecular weight is 634 g/mol. The third-order valence-electron chi connectivity index (χ3n) is 10.5. The Morgan fingerprint density at radius 1 is 0.730 bits per heavy atom. The summed E-state index contributed by atoms with van der Waals surface area (Å²) in [6.45, 7) is 22.2. The summed E-state index contributed by atoms with van der Waals surface area (Å²) < 4.78 is 0.799. The Kier molecular flexibility index (Phi) is 6.42. The quantitative estimate of drug-likeness (QED) is 0.252. The minimum atomic E-state index is -1.91. The molecular formula is C34H50Si2Sn. The van der Waals surface area contributed by atoms with Crippen molar-refractivity contribution in [3.8, 4) is 0 Å². The van der Waals surface area contributed by atoms with Crippen LogP contribution in [0.25, 0.3) is 0 Å². The SMILES string of the molecule is CC1(C)C2=C(CC=C2)[Si](C)(C)C2=C1CC=C2.CC1C=C2C(=C1)[Si](C)(C)C1=C[CH]([Sn]([CH3])([CH3])[CH3])C=C1C2(C)C. The zero-order valence-corrected chi connectivity index (χ0v) is 30.5. The Balaban J connectivity index is 0.000000157. The molecule has 2 heterocycles. The number of allylic oxidation sites excluding steroid dienone is 16. The van der Waals surface area contributed by atoms with Gasteiger partial charge in [-0.15, -0.1) is 0 Å². The molecule has 0 aromatic rings. The first kappa shape index (κ1) is 27.7. The van der Waals surface area contributed by atoms with E-state index in [4.69, 9.17) is 0 Å². The summed E-state index contributed by atoms with van der Waals surface area (Å²) >= 11 is -1.91. The summed E-state index contributed by atoms with van der Waals surface area (Å²) in [6.07, 6.45) is 22.4. The van der Waals surface area contributed by atoms with Crippen LogP contribution in [-0.2, 0) is 0 Å². The molecule has 1 fully saturated rings. The van der Waals surface area contributed by atoms with Gasteiger partial charge in [-0.05, 0) is 18.4 Å². The molecule has 0 aromatic heterocycles. The van der Waals surface area contributed by atoms with Gasteiger partial charge < -0.3 is 0 Å². The second kappa shape index (κ2) is 8.57. The predicted molar refractivity (Wildman–Crippen MR) is 173 cm³/mol. The first-order valence-corrected chi connectivity index (χ1v) is 30.8. The molecule has 0 aromatic carbocycles. The van der Waals surface area contributed by atoms with E-state index in [2.05, 4.69) is 124 Å². The molecule has 6 aliphatic rings. The first-order valence-electron chi connectivity index (χ1n) is 14.6. The van der Waals surface area contributed by atoms with Crippen LogP contribution in [-0.4, -0.2) is 34.5 Å². The Morgan fingerprint density at radius 2 is 1.32 bits per heavy atom. The van der Waals surface area contributed by atoms with Crippen LogP contribution in [0.3, 0.4) is 0 Å². The fourth-order valence-electron chi connectivity index (χ4n) is 8.00. The van der Waals surface area contributed by atoms with Gasteiger partial charge in [0, 0.05) is 5.41 Å². The molecule has 4 aliphatic carbocycles. The van der Waals surface area contributed by atoms with Gasteiger partial charge in [0.2, 0.25) is 0 Å². The molecular weight excluding hydrogens is 583 g/mol. The fourth-order valence-corrected chi connectivity index (χ4v) is 19.7. The Bertz CT molecular complexity index is 1210. The van der Waals surface area contributed by atoms with Crippen molar-refractivity contribution in [2.45, 2.75) is 92.4 Å². The van der Waals surface area contributed by atoms with E-state index in [1.54, 1.807) is 43.1 Å². The van der Waals surface area contributed by atoms with Crippen LogP contribution >= 0.6 is 0 Å². The van der Waals surface area contributed by atoms with Gasteiger partial charge in [-0.25, -0.2) is 0 Å². The summed E-state index contributed by atoms with van der Waals surface area (Å²) in [5, 5.41) is 7.00. The summed E-state index contributed by atoms with van der Waals surface area (Å²) in [6, 6.07) is 0. The molecule has 2 unspecified atom stereocenters. The zero-order chi connectivity index (χ0) is 27.3. The van der Waals surface area contributed by atoms with Crippen molar-refractivity contribution in [3.63, 3.8) is 0 Å². The Hall–Kier alpha value is -0.848. The molecule has 0 spiro atoms. The standard InChI is InChI=1S/C16H21Si.C15H20Si.3CH3.Sn/c1-11-9-13-15(10-11)17(4,5)14-8-6-7-12(14)16(13,2)3;1-15(2)11-7-5-9-13(11)16(3,4)14-10-6-8-12(14)15;;;;/h6-11H,1-5H3;5-7,10H,8-9H2,1-4H3;3*1H3;. The average Bonchev–Trinajstić information content (AvgIpc) is 3.57. The van der Waals surface area contributed by atoms with Gasteiger partial charge in [-0.3, -0.25) is 0 Å². The molecule has 0 radical (unpaired) electrons. The number of hydrogen-bond donors (Lipinski definition) is 0. The zero-order valence-electron chi connectivity index (χ0n) is 25.7. The van der Waals surface area contributed by atoms with Crippen LogP contribution in [0.2, 0.25) is 44.9 Å². The van der Waals surface area contributed by atoms with Gasteiger partial charge >= 0.3 is 136 Å². The third-order valence-corrected chi connectivity index (χ3v) is 24.6. The van der Waals surface area contributed by atoms with Gasteiger partial charge in [-0.1, -0.05) is 67.2 Å². The van der Waals surface area contributed by atoms with E-state index in [0.29, 0.717) is 5.92 Å². The molecule has 0 N–H and O–H groups in total. The molecule has 6 rings (SSSR count). The third kappa shape index (κ3) is 4.09. The van der Waals surface area contributed by atoms with Crippen molar-refractivity contribution < 1.29 is 0 Å². The fraction of sp³-hybridized carbons (Fsp3) is 0.529. The molecule has 0 bridgehead atoms. The minimum absolute atomic E-state index is 0.219. The molecule has 2 atom stereocenters. The first-order chi connectivity index (χ1) is 16.9. The van der Waals surface area contributed by atoms with Gasteiger partial charge in [0.15, 0.2) is 0 Å². The van der Waals surface area contributed by atoms with E-state index >= 15 is 0 Å². The maximum atomic E-state index is 2.71. The molecule has 3 heteroatoms. The molecule has 1 saturated heterocycles. The molecule has 37 heavy (non-hydrogen) atoms. The summed E-state index contributed by atoms with van der Waals surface area (Å²) in [7, 11) is -2.81. The van der Waals surface area contributed by atoms with E-state index in [-0.39, 0.29) is 10.8 Å². The van der Waals surface area contributed by atoms with Crippen LogP contribution in [0.15, 0.2) is 91.7 Å². The van der Waals surface area contributed by atoms with E-state index in [1.165, 1.54) is 12.8 Å². The van der Waals surface area contributed by atoms with Crippen molar-refractivity contribution in [2.24, 2.45) is 16.7 Å². The van der Waals surface area contributed by atoms with Crippen molar-refractivity contribution in [1.29, 1.82) is 0 Å². The van der Waals surface area contributed by atoms with Gasteiger partial charge in [0.1, 0.15) is 8.07 Å². The second-order valence-electron chi connectivity index (χ2n) is 15.6. The molecule has 0 amide bonds. The summed E-state index contributed by atoms with van der Waals surface area (Å²) in [5.41, 5.74) is 7.19. The number of hydrogen-bond acceptors (Lipinski definition) is 0. The monoisotopic (exact) mass is 634 g/mol. The van der Waals surface area contributed by atoms with E-state index in [9.17, 15) is 0 Å². The summed E-state index contributed by atoms with van der Waals surface area (Å²) in [5.74, 6) is 0.624. The van der Waals surface area contributed by atoms with Crippen molar-refractivity contribution >= 4 is 34.5 Å². The van der Waals surface area contributed by atoms with Gasteiger partial charge in [-0.2, -0.15) is 0 Å². The topological polar surface area (TPSA) is 0 Å². The van der Waals surface area contributed by atoms with Gasteiger partial charge in [0.25, 0.3) is 0 Å². The Morgan fingerprint density at radius 3 is 1.97 bits per heavy atom. The molecule has 0 nitrogen and oxygen atoms in total. The van der Waals surface area contributed by atoms with E-state index < -0.39 is 34.5 Å². The van der Waals surface area contributed by atoms with Crippen LogP contribution in [0, 0.1) is 16.7 Å². The molecule has 0 saturated carbocycles. The molecule has 198 valence electrons. The number of rotatable bonds is 1. The van der Waals surface area contributed by atoms with Crippen molar-refractivity contribution in [3.05, 3.63) is 91.7 Å². The normalized spacial score (nSPS) is 31.0. The van der Waals surface area contributed by atoms with Crippen LogP contribution in [0.5, 0.6) is 0 Å². The summed E-state index contributed by atoms with van der Waals surface area (Å²) in [4.78, 5) is 7.73.